The van der Waals surface area contributed by atoms with Crippen LogP contribution in [-0.4, -0.2) is 44.0 Å². The van der Waals surface area contributed by atoms with Crippen molar-refractivity contribution in [3.8, 4) is 0 Å². The molecule has 1 saturated heterocycles. The molecular formula is C23H27N5O2S. The molecule has 1 aliphatic rings. The first-order valence-electron chi connectivity index (χ1n) is 10.6. The Labute approximate surface area is 186 Å². The molecule has 4 rings (SSSR count). The van der Waals surface area contributed by atoms with Gasteiger partial charge in [0, 0.05) is 42.7 Å². The Balaban J connectivity index is 1.44. The zero-order valence-electron chi connectivity index (χ0n) is 18.2. The Morgan fingerprint density at radius 1 is 1.26 bits per heavy atom. The van der Waals surface area contributed by atoms with Gasteiger partial charge in [0.05, 0.1) is 23.5 Å². The molecule has 4 heterocycles. The average Bonchev–Trinajstić information content (AvgIpc) is 3.11. The largest absolute Gasteiger partial charge is 0.361 e. The van der Waals surface area contributed by atoms with Crippen LogP contribution in [0.5, 0.6) is 0 Å². The third-order valence-electron chi connectivity index (χ3n) is 5.73. The summed E-state index contributed by atoms with van der Waals surface area (Å²) < 4.78 is 5.21. The normalized spacial score (nSPS) is 16.5. The maximum absolute atomic E-state index is 13.0. The van der Waals surface area contributed by atoms with Crippen LogP contribution in [0, 0.1) is 20.8 Å². The van der Waals surface area contributed by atoms with Crippen molar-refractivity contribution in [2.45, 2.75) is 56.9 Å². The molecule has 0 unspecified atom stereocenters. The van der Waals surface area contributed by atoms with Crippen molar-refractivity contribution in [2.24, 2.45) is 0 Å². The van der Waals surface area contributed by atoms with Gasteiger partial charge in [-0.3, -0.25) is 9.78 Å². The summed E-state index contributed by atoms with van der Waals surface area (Å²) in [6, 6.07) is 5.91. The minimum absolute atomic E-state index is 0.121. The monoisotopic (exact) mass is 437 g/mol. The highest BCUT2D eigenvalue weighted by Gasteiger charge is 2.28. The predicted octanol–water partition coefficient (Wildman–Crippen LogP) is 4.03. The first-order valence-corrected chi connectivity index (χ1v) is 11.6. The number of aromatic nitrogens is 4. The van der Waals surface area contributed by atoms with Gasteiger partial charge in [0.1, 0.15) is 5.76 Å². The number of rotatable bonds is 6. The van der Waals surface area contributed by atoms with Crippen LogP contribution >= 0.6 is 11.8 Å². The lowest BCUT2D eigenvalue weighted by Gasteiger charge is -2.33. The molecule has 3 aromatic rings. The van der Waals surface area contributed by atoms with E-state index < -0.39 is 0 Å². The first-order chi connectivity index (χ1) is 15.0. The fourth-order valence-corrected chi connectivity index (χ4v) is 4.73. The Kier molecular flexibility index (Phi) is 6.65. The van der Waals surface area contributed by atoms with E-state index in [1.807, 2.05) is 50.1 Å². The van der Waals surface area contributed by atoms with Crippen LogP contribution in [0.2, 0.25) is 0 Å². The molecule has 1 fully saturated rings. The number of hydrogen-bond acceptors (Lipinski definition) is 7. The van der Waals surface area contributed by atoms with Gasteiger partial charge in [0.15, 0.2) is 5.16 Å². The third kappa shape index (κ3) is 5.12. The molecule has 0 aromatic carbocycles. The average molecular weight is 438 g/mol. The molecule has 0 spiro atoms. The first kappa shape index (κ1) is 21.5. The van der Waals surface area contributed by atoms with Crippen LogP contribution in [0.4, 0.5) is 0 Å². The van der Waals surface area contributed by atoms with Gasteiger partial charge >= 0.3 is 0 Å². The summed E-state index contributed by atoms with van der Waals surface area (Å²) in [4.78, 5) is 28.7. The Bertz CT molecular complexity index is 1030. The van der Waals surface area contributed by atoms with E-state index in [0.29, 0.717) is 13.0 Å². The standard InChI is InChI=1S/C23H27N5O2S/c1-15-12-25-23(31-14-19-8-4-5-9-24-19)26-22(15)18-7-6-10-28(13-18)21(29)11-20-16(2)27-30-17(20)3/h4-5,8-9,12,18H,6-7,10-11,13-14H2,1-3H3/t18-/m1/s1. The van der Waals surface area contributed by atoms with Crippen molar-refractivity contribution in [1.82, 2.24) is 25.0 Å². The lowest BCUT2D eigenvalue weighted by Crippen LogP contribution is -2.40. The highest BCUT2D eigenvalue weighted by Crippen LogP contribution is 2.30. The Morgan fingerprint density at radius 2 is 2.13 bits per heavy atom. The van der Waals surface area contributed by atoms with Crippen molar-refractivity contribution in [3.63, 3.8) is 0 Å². The smallest absolute Gasteiger partial charge is 0.227 e. The highest BCUT2D eigenvalue weighted by atomic mass is 32.2. The van der Waals surface area contributed by atoms with Crippen molar-refractivity contribution < 1.29 is 9.32 Å². The van der Waals surface area contributed by atoms with E-state index in [1.165, 1.54) is 0 Å². The molecule has 0 N–H and O–H groups in total. The summed E-state index contributed by atoms with van der Waals surface area (Å²) in [5, 5.41) is 4.72. The Hall–Kier alpha value is -2.74. The zero-order chi connectivity index (χ0) is 21.8. The van der Waals surface area contributed by atoms with Crippen molar-refractivity contribution in [3.05, 3.63) is 64.6 Å². The van der Waals surface area contributed by atoms with Crippen LogP contribution in [0.3, 0.4) is 0 Å². The minimum atomic E-state index is 0.121. The van der Waals surface area contributed by atoms with Gasteiger partial charge in [-0.05, 0) is 51.3 Å². The molecule has 0 radical (unpaired) electrons. The number of thioether (sulfide) groups is 1. The van der Waals surface area contributed by atoms with E-state index in [1.54, 1.807) is 18.0 Å². The van der Waals surface area contributed by atoms with E-state index >= 15 is 0 Å². The molecule has 1 aliphatic heterocycles. The summed E-state index contributed by atoms with van der Waals surface area (Å²) in [6.07, 6.45) is 6.03. The maximum Gasteiger partial charge on any atom is 0.227 e. The quantitative estimate of drug-likeness (QED) is 0.425. The summed E-state index contributed by atoms with van der Waals surface area (Å²) in [7, 11) is 0. The lowest BCUT2D eigenvalue weighted by molar-refractivity contribution is -0.131. The fraction of sp³-hybridized carbons (Fsp3) is 0.435. The van der Waals surface area contributed by atoms with E-state index in [9.17, 15) is 4.79 Å². The second kappa shape index (κ2) is 9.60. The van der Waals surface area contributed by atoms with Gasteiger partial charge < -0.3 is 9.42 Å². The number of piperidine rings is 1. The molecular weight excluding hydrogens is 410 g/mol. The molecule has 0 saturated carbocycles. The molecule has 3 aromatic heterocycles. The molecule has 1 atom stereocenters. The number of hydrogen-bond donors (Lipinski definition) is 0. The molecule has 0 bridgehead atoms. The summed E-state index contributed by atoms with van der Waals surface area (Å²) in [5.74, 6) is 1.80. The van der Waals surface area contributed by atoms with Crippen LogP contribution in [-0.2, 0) is 17.0 Å². The van der Waals surface area contributed by atoms with Gasteiger partial charge in [0.2, 0.25) is 5.91 Å². The van der Waals surface area contributed by atoms with Crippen molar-refractivity contribution >= 4 is 17.7 Å². The third-order valence-corrected chi connectivity index (χ3v) is 6.63. The number of nitrogens with zero attached hydrogens (tertiary/aromatic N) is 5. The predicted molar refractivity (Wildman–Crippen MR) is 119 cm³/mol. The lowest BCUT2D eigenvalue weighted by atomic mass is 9.92. The molecule has 8 heteroatoms. The van der Waals surface area contributed by atoms with Crippen LogP contribution < -0.4 is 0 Å². The van der Waals surface area contributed by atoms with Gasteiger partial charge in [-0.1, -0.05) is 23.0 Å². The minimum Gasteiger partial charge on any atom is -0.361 e. The van der Waals surface area contributed by atoms with Gasteiger partial charge in [-0.15, -0.1) is 0 Å². The van der Waals surface area contributed by atoms with Crippen molar-refractivity contribution in [1.29, 1.82) is 0 Å². The van der Waals surface area contributed by atoms with Crippen molar-refractivity contribution in [2.75, 3.05) is 13.1 Å². The molecule has 1 amide bonds. The van der Waals surface area contributed by atoms with Gasteiger partial charge in [-0.25, -0.2) is 9.97 Å². The van der Waals surface area contributed by atoms with Crippen LogP contribution in [0.1, 0.15) is 52.7 Å². The van der Waals surface area contributed by atoms with Crippen LogP contribution in [0.25, 0.3) is 0 Å². The molecule has 162 valence electrons. The number of pyridine rings is 1. The molecule has 7 nitrogen and oxygen atoms in total. The van der Waals surface area contributed by atoms with Gasteiger partial charge in [0.25, 0.3) is 0 Å². The summed E-state index contributed by atoms with van der Waals surface area (Å²) >= 11 is 1.59. The number of amides is 1. The van der Waals surface area contributed by atoms with E-state index in [4.69, 9.17) is 9.51 Å². The Morgan fingerprint density at radius 3 is 2.87 bits per heavy atom. The zero-order valence-corrected chi connectivity index (χ0v) is 19.0. The van der Waals surface area contributed by atoms with E-state index in [0.717, 1.165) is 64.3 Å². The topological polar surface area (TPSA) is 85.0 Å². The van der Waals surface area contributed by atoms with E-state index in [-0.39, 0.29) is 11.8 Å². The summed E-state index contributed by atoms with van der Waals surface area (Å²) in [5.41, 5.74) is 4.83. The maximum atomic E-state index is 13.0. The molecule has 31 heavy (non-hydrogen) atoms. The number of likely N-dealkylation sites (tertiary alicyclic amines) is 1. The number of carbonyl (C=O) groups is 1. The fourth-order valence-electron chi connectivity index (χ4n) is 3.99. The van der Waals surface area contributed by atoms with E-state index in [2.05, 4.69) is 15.1 Å². The summed E-state index contributed by atoms with van der Waals surface area (Å²) in [6.45, 7) is 7.25. The number of aryl methyl sites for hydroxylation is 3. The van der Waals surface area contributed by atoms with Gasteiger partial charge in [-0.2, -0.15) is 0 Å². The SMILES string of the molecule is Cc1cnc(SCc2ccccn2)nc1[C@@H]1CCCN(C(=O)Cc2c(C)noc2C)C1. The second-order valence-electron chi connectivity index (χ2n) is 7.99. The molecule has 0 aliphatic carbocycles. The highest BCUT2D eigenvalue weighted by molar-refractivity contribution is 7.98. The van der Waals surface area contributed by atoms with Crippen LogP contribution in [0.15, 0.2) is 40.3 Å². The number of carbonyl (C=O) groups excluding carboxylic acids is 1. The second-order valence-corrected chi connectivity index (χ2v) is 8.93.